The van der Waals surface area contributed by atoms with Gasteiger partial charge in [0, 0.05) is 18.1 Å². The van der Waals surface area contributed by atoms with Crippen LogP contribution in [0.4, 0.5) is 17.6 Å². The molecule has 6 heteroatoms. The Labute approximate surface area is 121 Å². The number of rotatable bonds is 3. The second kappa shape index (κ2) is 5.57. The minimum Gasteiger partial charge on any atom is -0.329 e. The fraction of sp³-hybridized carbons (Fsp3) is 0.600. The Balaban J connectivity index is 2.40. The van der Waals surface area contributed by atoms with Crippen LogP contribution in [-0.2, 0) is 6.18 Å². The molecule has 21 heavy (non-hydrogen) atoms. The van der Waals surface area contributed by atoms with Gasteiger partial charge in [-0.1, -0.05) is 6.07 Å². The Kier molecular flexibility index (Phi) is 4.31. The molecule has 0 radical (unpaired) electrons. The van der Waals surface area contributed by atoms with Crippen molar-refractivity contribution in [3.05, 3.63) is 35.1 Å². The van der Waals surface area contributed by atoms with Crippen LogP contribution in [0.3, 0.4) is 0 Å². The van der Waals surface area contributed by atoms with Gasteiger partial charge in [-0.05, 0) is 50.9 Å². The van der Waals surface area contributed by atoms with Gasteiger partial charge < -0.3 is 5.73 Å². The van der Waals surface area contributed by atoms with E-state index in [1.54, 1.807) is 0 Å². The molecule has 1 aromatic rings. The Morgan fingerprint density at radius 3 is 2.48 bits per heavy atom. The van der Waals surface area contributed by atoms with Crippen molar-refractivity contribution < 1.29 is 17.6 Å². The van der Waals surface area contributed by atoms with E-state index in [1.165, 1.54) is 6.07 Å². The average Bonchev–Trinajstić information content (AvgIpc) is 2.71. The quantitative estimate of drug-likeness (QED) is 0.862. The summed E-state index contributed by atoms with van der Waals surface area (Å²) in [5.74, 6) is -1.25. The van der Waals surface area contributed by atoms with Gasteiger partial charge in [0.2, 0.25) is 0 Å². The Hall–Kier alpha value is -1.14. The third-order valence-electron chi connectivity index (χ3n) is 4.25. The minimum absolute atomic E-state index is 0.114. The van der Waals surface area contributed by atoms with Crippen LogP contribution < -0.4 is 5.73 Å². The fourth-order valence-electron chi connectivity index (χ4n) is 3.12. The van der Waals surface area contributed by atoms with E-state index in [0.29, 0.717) is 5.56 Å². The number of likely N-dealkylation sites (tertiary alicyclic amines) is 1. The van der Waals surface area contributed by atoms with E-state index in [1.807, 2.05) is 0 Å². The van der Waals surface area contributed by atoms with Gasteiger partial charge in [0.1, 0.15) is 5.82 Å². The zero-order chi connectivity index (χ0) is 15.8. The highest BCUT2D eigenvalue weighted by atomic mass is 19.4. The van der Waals surface area contributed by atoms with Crippen molar-refractivity contribution in [2.45, 2.75) is 44.4 Å². The zero-order valence-electron chi connectivity index (χ0n) is 12.2. The second-order valence-electron chi connectivity index (χ2n) is 6.10. The van der Waals surface area contributed by atoms with Crippen molar-refractivity contribution in [1.82, 2.24) is 4.90 Å². The van der Waals surface area contributed by atoms with Crippen molar-refractivity contribution in [1.29, 1.82) is 0 Å². The van der Waals surface area contributed by atoms with Crippen molar-refractivity contribution in [2.75, 3.05) is 13.1 Å². The maximum Gasteiger partial charge on any atom is 0.419 e. The van der Waals surface area contributed by atoms with E-state index < -0.39 is 17.6 Å². The lowest BCUT2D eigenvalue weighted by Gasteiger charge is -2.38. The first-order valence-corrected chi connectivity index (χ1v) is 7.00. The SMILES string of the molecule is CC1(C)CCCN1C(CN)c1ccc(F)c(C(F)(F)F)c1. The molecule has 2 N–H and O–H groups in total. The highest BCUT2D eigenvalue weighted by Crippen LogP contribution is 2.38. The molecule has 0 aliphatic carbocycles. The van der Waals surface area contributed by atoms with Crippen molar-refractivity contribution >= 4 is 0 Å². The summed E-state index contributed by atoms with van der Waals surface area (Å²) in [6.07, 6.45) is -2.74. The number of hydrogen-bond donors (Lipinski definition) is 1. The van der Waals surface area contributed by atoms with Crippen LogP contribution in [-0.4, -0.2) is 23.5 Å². The molecule has 1 aliphatic rings. The van der Waals surface area contributed by atoms with Gasteiger partial charge in [-0.15, -0.1) is 0 Å². The van der Waals surface area contributed by atoms with E-state index in [4.69, 9.17) is 5.73 Å². The molecule has 0 spiro atoms. The molecule has 0 saturated carbocycles. The first kappa shape index (κ1) is 16.2. The van der Waals surface area contributed by atoms with Crippen LogP contribution in [0, 0.1) is 5.82 Å². The molecular formula is C15H20F4N2. The maximum atomic E-state index is 13.4. The summed E-state index contributed by atoms with van der Waals surface area (Å²) >= 11 is 0. The van der Waals surface area contributed by atoms with Gasteiger partial charge in [0.15, 0.2) is 0 Å². The summed E-state index contributed by atoms with van der Waals surface area (Å²) in [6.45, 7) is 5.09. The molecule has 1 atom stereocenters. The first-order chi connectivity index (χ1) is 9.66. The van der Waals surface area contributed by atoms with E-state index in [2.05, 4.69) is 18.7 Å². The van der Waals surface area contributed by atoms with Crippen LogP contribution in [0.25, 0.3) is 0 Å². The molecule has 1 saturated heterocycles. The topological polar surface area (TPSA) is 29.3 Å². The molecule has 1 fully saturated rings. The van der Waals surface area contributed by atoms with Crippen LogP contribution in [0.2, 0.25) is 0 Å². The largest absolute Gasteiger partial charge is 0.419 e. The number of benzene rings is 1. The van der Waals surface area contributed by atoms with Gasteiger partial charge in [0.05, 0.1) is 5.56 Å². The number of hydrogen-bond acceptors (Lipinski definition) is 2. The summed E-state index contributed by atoms with van der Waals surface area (Å²) in [4.78, 5) is 2.11. The highest BCUT2D eigenvalue weighted by Gasteiger charge is 2.39. The number of nitrogens with zero attached hydrogens (tertiary/aromatic N) is 1. The Morgan fingerprint density at radius 1 is 1.33 bits per heavy atom. The van der Waals surface area contributed by atoms with Crippen molar-refractivity contribution in [3.8, 4) is 0 Å². The van der Waals surface area contributed by atoms with Gasteiger partial charge in [-0.25, -0.2) is 4.39 Å². The van der Waals surface area contributed by atoms with Gasteiger partial charge >= 0.3 is 6.18 Å². The van der Waals surface area contributed by atoms with Crippen molar-refractivity contribution in [3.63, 3.8) is 0 Å². The third-order valence-corrected chi connectivity index (χ3v) is 4.25. The molecule has 1 unspecified atom stereocenters. The predicted octanol–water partition coefficient (Wildman–Crippen LogP) is 3.72. The molecule has 118 valence electrons. The van der Waals surface area contributed by atoms with Gasteiger partial charge in [0.25, 0.3) is 0 Å². The number of alkyl halides is 3. The Bertz CT molecular complexity index is 511. The highest BCUT2D eigenvalue weighted by molar-refractivity contribution is 5.30. The lowest BCUT2D eigenvalue weighted by Crippen LogP contribution is -2.43. The molecule has 1 aliphatic heterocycles. The molecule has 2 nitrogen and oxygen atoms in total. The van der Waals surface area contributed by atoms with E-state index in [-0.39, 0.29) is 18.1 Å². The summed E-state index contributed by atoms with van der Waals surface area (Å²) in [7, 11) is 0. The second-order valence-corrected chi connectivity index (χ2v) is 6.10. The smallest absolute Gasteiger partial charge is 0.329 e. The summed E-state index contributed by atoms with van der Waals surface area (Å²) < 4.78 is 51.9. The van der Waals surface area contributed by atoms with E-state index in [0.717, 1.165) is 31.5 Å². The monoisotopic (exact) mass is 304 g/mol. The van der Waals surface area contributed by atoms with Crippen LogP contribution in [0.15, 0.2) is 18.2 Å². The average molecular weight is 304 g/mol. The van der Waals surface area contributed by atoms with E-state index in [9.17, 15) is 17.6 Å². The third kappa shape index (κ3) is 3.21. The fourth-order valence-corrected chi connectivity index (χ4v) is 3.12. The molecule has 0 bridgehead atoms. The molecular weight excluding hydrogens is 284 g/mol. The van der Waals surface area contributed by atoms with Crippen molar-refractivity contribution in [2.24, 2.45) is 5.73 Å². The number of halogens is 4. The summed E-state index contributed by atoms with van der Waals surface area (Å²) in [5, 5.41) is 0. The lowest BCUT2D eigenvalue weighted by molar-refractivity contribution is -0.140. The van der Waals surface area contributed by atoms with Crippen LogP contribution in [0.1, 0.15) is 43.9 Å². The molecule has 0 aromatic heterocycles. The molecule has 0 amide bonds. The summed E-state index contributed by atoms with van der Waals surface area (Å²) in [5.41, 5.74) is 4.86. The molecule has 2 rings (SSSR count). The summed E-state index contributed by atoms with van der Waals surface area (Å²) in [6, 6.07) is 2.84. The van der Waals surface area contributed by atoms with Gasteiger partial charge in [-0.3, -0.25) is 4.90 Å². The normalized spacial score (nSPS) is 20.7. The maximum absolute atomic E-state index is 13.4. The number of nitrogens with two attached hydrogens (primary N) is 1. The lowest BCUT2D eigenvalue weighted by atomic mass is 9.96. The van der Waals surface area contributed by atoms with Crippen LogP contribution in [0.5, 0.6) is 0 Å². The van der Waals surface area contributed by atoms with E-state index >= 15 is 0 Å². The zero-order valence-corrected chi connectivity index (χ0v) is 12.2. The Morgan fingerprint density at radius 2 is 2.00 bits per heavy atom. The minimum atomic E-state index is -4.69. The molecule has 1 aromatic carbocycles. The van der Waals surface area contributed by atoms with Gasteiger partial charge in [-0.2, -0.15) is 13.2 Å². The first-order valence-electron chi connectivity index (χ1n) is 7.00. The standard InChI is InChI=1S/C15H20F4N2/c1-14(2)6-3-7-21(14)13(9-20)10-4-5-12(16)11(8-10)15(17,18)19/h4-5,8,13H,3,6-7,9,20H2,1-2H3. The molecule has 1 heterocycles. The predicted molar refractivity (Wildman–Crippen MR) is 73.2 cm³/mol. The van der Waals surface area contributed by atoms with Crippen LogP contribution >= 0.6 is 0 Å².